The second kappa shape index (κ2) is 10.2. The minimum absolute atomic E-state index is 0.0555. The number of aromatic nitrogens is 2. The number of hydrogen-bond donors (Lipinski definition) is 2. The minimum Gasteiger partial charge on any atom is -0.483 e. The lowest BCUT2D eigenvalue weighted by atomic mass is 9.86. The summed E-state index contributed by atoms with van der Waals surface area (Å²) in [6.45, 7) is 0.791. The van der Waals surface area contributed by atoms with Crippen LogP contribution in [0.2, 0.25) is 0 Å². The summed E-state index contributed by atoms with van der Waals surface area (Å²) >= 11 is 0. The largest absolute Gasteiger partial charge is 0.483 e. The monoisotopic (exact) mass is 388 g/mol. The van der Waals surface area contributed by atoms with Gasteiger partial charge in [-0.05, 0) is 31.0 Å². The summed E-state index contributed by atoms with van der Waals surface area (Å²) in [4.78, 5) is 35.2. The molecule has 9 nitrogen and oxygen atoms in total. The van der Waals surface area contributed by atoms with Gasteiger partial charge in [0.15, 0.2) is 0 Å². The van der Waals surface area contributed by atoms with Gasteiger partial charge in [-0.25, -0.2) is 0 Å². The normalized spacial score (nSPS) is 15.1. The van der Waals surface area contributed by atoms with E-state index in [0.717, 1.165) is 5.69 Å². The Morgan fingerprint density at radius 3 is 2.43 bits per heavy atom. The molecule has 1 saturated heterocycles. The first-order chi connectivity index (χ1) is 13.6. The summed E-state index contributed by atoms with van der Waals surface area (Å²) in [5.74, 6) is -0.165. The summed E-state index contributed by atoms with van der Waals surface area (Å²) in [6, 6.07) is 11.2. The third-order valence-electron chi connectivity index (χ3n) is 4.61. The van der Waals surface area contributed by atoms with Crippen LogP contribution in [0.25, 0.3) is 0 Å². The molecular weight excluding hydrogens is 364 g/mol. The van der Waals surface area contributed by atoms with E-state index >= 15 is 0 Å². The van der Waals surface area contributed by atoms with Crippen molar-refractivity contribution in [1.29, 1.82) is 0 Å². The number of rotatable bonds is 5. The van der Waals surface area contributed by atoms with Gasteiger partial charge < -0.3 is 20.1 Å². The summed E-state index contributed by atoms with van der Waals surface area (Å²) < 4.78 is 6.63. The number of nitrogens with one attached hydrogen (secondary N) is 1. The Morgan fingerprint density at radius 1 is 1.25 bits per heavy atom. The number of likely N-dealkylation sites (tertiary alicyclic amines) is 1. The smallest absolute Gasteiger partial charge is 0.290 e. The van der Waals surface area contributed by atoms with E-state index in [4.69, 9.17) is 14.6 Å². The zero-order chi connectivity index (χ0) is 20.4. The van der Waals surface area contributed by atoms with E-state index in [1.165, 1.54) is 7.11 Å². The van der Waals surface area contributed by atoms with Crippen molar-refractivity contribution < 1.29 is 24.2 Å². The van der Waals surface area contributed by atoms with Crippen molar-refractivity contribution in [2.24, 2.45) is 0 Å². The van der Waals surface area contributed by atoms with Gasteiger partial charge in [0.2, 0.25) is 5.91 Å². The van der Waals surface area contributed by atoms with Gasteiger partial charge in [-0.3, -0.25) is 19.1 Å². The van der Waals surface area contributed by atoms with Gasteiger partial charge in [0, 0.05) is 38.3 Å². The molecule has 28 heavy (non-hydrogen) atoms. The molecule has 2 heterocycles. The summed E-state index contributed by atoms with van der Waals surface area (Å²) in [5.41, 5.74) is -0.0552. The maximum absolute atomic E-state index is 13.1. The number of ether oxygens (including phenoxy) is 1. The Bertz CT molecular complexity index is 756. The third kappa shape index (κ3) is 4.95. The van der Waals surface area contributed by atoms with Crippen LogP contribution in [0.3, 0.4) is 0 Å². The fourth-order valence-corrected chi connectivity index (χ4v) is 3.19. The third-order valence-corrected chi connectivity index (χ3v) is 4.61. The zero-order valence-electron chi connectivity index (χ0n) is 15.7. The van der Waals surface area contributed by atoms with Crippen LogP contribution in [0, 0.1) is 0 Å². The van der Waals surface area contributed by atoms with E-state index in [0.29, 0.717) is 25.9 Å². The number of benzene rings is 1. The molecular formula is C19H24N4O5. The molecule has 9 heteroatoms. The summed E-state index contributed by atoms with van der Waals surface area (Å²) in [5, 5.41) is 14.2. The highest BCUT2D eigenvalue weighted by atomic mass is 16.5. The maximum atomic E-state index is 13.1. The number of carboxylic acid groups (broad SMARTS) is 1. The molecule has 1 aromatic heterocycles. The first-order valence-corrected chi connectivity index (χ1v) is 8.78. The van der Waals surface area contributed by atoms with E-state index in [-0.39, 0.29) is 24.9 Å². The molecule has 0 radical (unpaired) electrons. The molecule has 2 aromatic rings. The van der Waals surface area contributed by atoms with Gasteiger partial charge in [-0.15, -0.1) is 0 Å². The van der Waals surface area contributed by atoms with E-state index in [1.807, 2.05) is 30.3 Å². The number of nitrogens with zero attached hydrogens (tertiary/aromatic N) is 3. The van der Waals surface area contributed by atoms with Gasteiger partial charge in [0.1, 0.15) is 12.1 Å². The van der Waals surface area contributed by atoms with Crippen molar-refractivity contribution in [3.8, 4) is 0 Å². The lowest BCUT2D eigenvalue weighted by Gasteiger charge is -2.40. The Hall–Kier alpha value is -3.20. The van der Waals surface area contributed by atoms with Gasteiger partial charge >= 0.3 is 0 Å². The Labute approximate surface area is 162 Å². The van der Waals surface area contributed by atoms with Crippen molar-refractivity contribution >= 4 is 24.0 Å². The quantitative estimate of drug-likeness (QED) is 0.744. The Kier molecular flexibility index (Phi) is 7.70. The predicted octanol–water partition coefficient (Wildman–Crippen LogP) is 1.19. The molecule has 3 rings (SSSR count). The molecule has 1 aliphatic rings. The van der Waals surface area contributed by atoms with Crippen LogP contribution in [0.5, 0.6) is 0 Å². The van der Waals surface area contributed by atoms with Gasteiger partial charge in [-0.2, -0.15) is 5.10 Å². The first-order valence-electron chi connectivity index (χ1n) is 8.78. The average Bonchev–Trinajstić information content (AvgIpc) is 3.25. The molecule has 0 unspecified atom stereocenters. The number of carbonyl (C=O) groups is 3. The molecule has 2 amide bonds. The fraction of sp³-hybridized carbons (Fsp3) is 0.368. The number of anilines is 1. The van der Waals surface area contributed by atoms with E-state index in [9.17, 15) is 9.59 Å². The van der Waals surface area contributed by atoms with Crippen LogP contribution in [0.15, 0.2) is 48.8 Å². The average molecular weight is 388 g/mol. The van der Waals surface area contributed by atoms with Crippen LogP contribution in [0.1, 0.15) is 12.8 Å². The molecule has 1 fully saturated rings. The molecule has 0 aliphatic carbocycles. The highest BCUT2D eigenvalue weighted by Crippen LogP contribution is 2.31. The highest BCUT2D eigenvalue weighted by Gasteiger charge is 2.44. The van der Waals surface area contributed by atoms with E-state index in [2.05, 4.69) is 10.4 Å². The van der Waals surface area contributed by atoms with Gasteiger partial charge in [-0.1, -0.05) is 18.2 Å². The SMILES string of the molecule is COCC(=O)N1CCC(C(=O)Nc2ccccc2)(n2cccn2)CC1.O=CO. The molecule has 0 atom stereocenters. The van der Waals surface area contributed by atoms with Crippen molar-refractivity contribution in [3.63, 3.8) is 0 Å². The van der Waals surface area contributed by atoms with Crippen LogP contribution >= 0.6 is 0 Å². The van der Waals surface area contributed by atoms with Gasteiger partial charge in [0.05, 0.1) is 0 Å². The predicted molar refractivity (Wildman–Crippen MR) is 102 cm³/mol. The van der Waals surface area contributed by atoms with Crippen LogP contribution in [-0.4, -0.2) is 64.9 Å². The molecule has 2 N–H and O–H groups in total. The number of amides is 2. The van der Waals surface area contributed by atoms with Crippen molar-refractivity contribution in [1.82, 2.24) is 14.7 Å². The highest BCUT2D eigenvalue weighted by molar-refractivity contribution is 5.96. The standard InChI is InChI=1S/C18H22N4O3.CH2O2/c1-25-14-16(23)21-12-8-18(9-13-21,22-11-5-10-19-22)17(24)20-15-6-3-2-4-7-15;2-1-3/h2-7,10-11H,8-9,12-14H2,1H3,(H,20,24);1H,(H,2,3). The van der Waals surface area contributed by atoms with Crippen molar-refractivity contribution in [3.05, 3.63) is 48.8 Å². The van der Waals surface area contributed by atoms with Crippen molar-refractivity contribution in [2.45, 2.75) is 18.4 Å². The number of para-hydroxylation sites is 1. The molecule has 0 saturated carbocycles. The van der Waals surface area contributed by atoms with Crippen LogP contribution < -0.4 is 5.32 Å². The van der Waals surface area contributed by atoms with E-state index in [1.54, 1.807) is 28.0 Å². The number of carbonyl (C=O) groups excluding carboxylic acids is 2. The zero-order valence-corrected chi connectivity index (χ0v) is 15.7. The minimum atomic E-state index is -0.802. The van der Waals surface area contributed by atoms with Crippen LogP contribution in [-0.2, 0) is 24.7 Å². The molecule has 1 aromatic carbocycles. The number of hydrogen-bond acceptors (Lipinski definition) is 5. The lowest BCUT2D eigenvalue weighted by molar-refractivity contribution is -0.140. The van der Waals surface area contributed by atoms with Gasteiger partial charge in [0.25, 0.3) is 12.4 Å². The Balaban J connectivity index is 0.000000878. The molecule has 0 spiro atoms. The first kappa shape index (κ1) is 21.1. The fourth-order valence-electron chi connectivity index (χ4n) is 3.19. The maximum Gasteiger partial charge on any atom is 0.290 e. The molecule has 150 valence electrons. The lowest BCUT2D eigenvalue weighted by Crippen LogP contribution is -2.54. The van der Waals surface area contributed by atoms with E-state index < -0.39 is 5.54 Å². The topological polar surface area (TPSA) is 114 Å². The van der Waals surface area contributed by atoms with Crippen molar-refractivity contribution in [2.75, 3.05) is 32.1 Å². The second-order valence-corrected chi connectivity index (χ2v) is 6.22. The number of methoxy groups -OCH3 is 1. The molecule has 1 aliphatic heterocycles. The summed E-state index contributed by atoms with van der Waals surface area (Å²) in [7, 11) is 1.50. The number of piperidine rings is 1. The Morgan fingerprint density at radius 2 is 1.89 bits per heavy atom. The molecule has 0 bridgehead atoms. The van der Waals surface area contributed by atoms with Crippen LogP contribution in [0.4, 0.5) is 5.69 Å². The second-order valence-electron chi connectivity index (χ2n) is 6.22. The summed E-state index contributed by atoms with van der Waals surface area (Å²) in [6.07, 6.45) is 4.48.